The molecule has 1 aromatic rings. The van der Waals surface area contributed by atoms with Crippen LogP contribution in [0, 0.1) is 5.92 Å². The molecule has 0 unspecified atom stereocenters. The van der Waals surface area contributed by atoms with Crippen LogP contribution in [-0.2, 0) is 0 Å². The first kappa shape index (κ1) is 15.8. The minimum absolute atomic E-state index is 0.855. The van der Waals surface area contributed by atoms with E-state index in [1.165, 1.54) is 62.9 Å². The van der Waals surface area contributed by atoms with Crippen molar-refractivity contribution in [2.24, 2.45) is 5.92 Å². The Kier molecular flexibility index (Phi) is 5.69. The maximum Gasteiger partial charge on any atom is 0.0165 e. The lowest BCUT2D eigenvalue weighted by Crippen LogP contribution is -2.50. The van der Waals surface area contributed by atoms with Gasteiger partial charge in [0.05, 0.1) is 0 Å². The zero-order chi connectivity index (χ0) is 15.2. The van der Waals surface area contributed by atoms with E-state index in [4.69, 9.17) is 0 Å². The fraction of sp³-hybridized carbons (Fsp3) is 0.600. The fourth-order valence-corrected chi connectivity index (χ4v) is 4.15. The summed E-state index contributed by atoms with van der Waals surface area (Å²) in [5.41, 5.74) is 2.72. The Morgan fingerprint density at radius 3 is 2.82 bits per heavy atom. The van der Waals surface area contributed by atoms with Crippen LogP contribution < -0.4 is 5.32 Å². The summed E-state index contributed by atoms with van der Waals surface area (Å²) in [5, 5.41) is 3.71. The molecule has 120 valence electrons. The normalized spacial score (nSPS) is 26.7. The van der Waals surface area contributed by atoms with Gasteiger partial charge in [0.25, 0.3) is 0 Å². The van der Waals surface area contributed by atoms with Gasteiger partial charge in [0.15, 0.2) is 0 Å². The molecule has 22 heavy (non-hydrogen) atoms. The number of hydrogen-bond acceptors (Lipinski definition) is 2. The van der Waals surface area contributed by atoms with Crippen molar-refractivity contribution in [1.29, 1.82) is 0 Å². The monoisotopic (exact) mass is 298 g/mol. The number of piperidine rings is 2. The molecule has 0 radical (unpaired) electrons. The summed E-state index contributed by atoms with van der Waals surface area (Å²) in [4.78, 5) is 2.76. The largest absolute Gasteiger partial charge is 0.313 e. The average Bonchev–Trinajstić information content (AvgIpc) is 2.56. The third-order valence-electron chi connectivity index (χ3n) is 5.25. The second kappa shape index (κ2) is 7.94. The van der Waals surface area contributed by atoms with Gasteiger partial charge in [0.2, 0.25) is 0 Å². The average molecular weight is 298 g/mol. The highest BCUT2D eigenvalue weighted by atomic mass is 15.2. The lowest BCUT2D eigenvalue weighted by atomic mass is 9.83. The third-order valence-corrected chi connectivity index (χ3v) is 5.25. The van der Waals surface area contributed by atoms with E-state index >= 15 is 0 Å². The van der Waals surface area contributed by atoms with Crippen LogP contribution in [0.3, 0.4) is 0 Å². The smallest absolute Gasteiger partial charge is 0.0165 e. The van der Waals surface area contributed by atoms with Gasteiger partial charge in [-0.3, -0.25) is 0 Å². The highest BCUT2D eigenvalue weighted by molar-refractivity contribution is 5.52. The maximum absolute atomic E-state index is 3.71. The lowest BCUT2D eigenvalue weighted by Gasteiger charge is -2.44. The molecule has 2 aliphatic heterocycles. The van der Waals surface area contributed by atoms with E-state index in [9.17, 15) is 0 Å². The molecule has 2 aliphatic rings. The quantitative estimate of drug-likeness (QED) is 0.885. The summed E-state index contributed by atoms with van der Waals surface area (Å²) in [6.07, 6.45) is 9.36. The molecule has 2 heteroatoms. The minimum atomic E-state index is 0.855. The summed E-state index contributed by atoms with van der Waals surface area (Å²) >= 11 is 0. The van der Waals surface area contributed by atoms with Crippen LogP contribution in [0.25, 0.3) is 6.08 Å². The maximum atomic E-state index is 3.71. The van der Waals surface area contributed by atoms with Gasteiger partial charge >= 0.3 is 0 Å². The SMILES string of the molecule is C/C(=C\c1ccccc1)CNC[C@@H]1CCCN2CCCC[C@H]12. The first-order valence-corrected chi connectivity index (χ1v) is 9.00. The summed E-state index contributed by atoms with van der Waals surface area (Å²) in [6.45, 7) is 7.11. The van der Waals surface area contributed by atoms with Gasteiger partial charge in [-0.05, 0) is 63.7 Å². The molecule has 0 aromatic heterocycles. The molecule has 0 aliphatic carbocycles. The second-order valence-electron chi connectivity index (χ2n) is 7.03. The van der Waals surface area contributed by atoms with Crippen molar-refractivity contribution in [3.8, 4) is 0 Å². The van der Waals surface area contributed by atoms with Crippen molar-refractivity contribution in [3.63, 3.8) is 0 Å². The van der Waals surface area contributed by atoms with Gasteiger partial charge in [0.1, 0.15) is 0 Å². The Morgan fingerprint density at radius 2 is 1.95 bits per heavy atom. The van der Waals surface area contributed by atoms with Gasteiger partial charge in [-0.1, -0.05) is 48.4 Å². The molecule has 2 atom stereocenters. The van der Waals surface area contributed by atoms with Crippen LogP contribution >= 0.6 is 0 Å². The molecule has 0 bridgehead atoms. The van der Waals surface area contributed by atoms with Crippen LogP contribution in [0.4, 0.5) is 0 Å². The number of benzene rings is 1. The van der Waals surface area contributed by atoms with E-state index in [2.05, 4.69) is 53.5 Å². The topological polar surface area (TPSA) is 15.3 Å². The van der Waals surface area contributed by atoms with Crippen LogP contribution in [0.15, 0.2) is 35.9 Å². The first-order valence-electron chi connectivity index (χ1n) is 9.00. The van der Waals surface area contributed by atoms with E-state index in [0.29, 0.717) is 0 Å². The summed E-state index contributed by atoms with van der Waals surface area (Å²) < 4.78 is 0. The Balaban J connectivity index is 1.47. The van der Waals surface area contributed by atoms with Crippen molar-refractivity contribution in [2.75, 3.05) is 26.2 Å². The fourth-order valence-electron chi connectivity index (χ4n) is 4.15. The molecule has 1 aromatic carbocycles. The molecule has 2 saturated heterocycles. The standard InChI is InChI=1S/C20H30N2/c1-17(14-18-8-3-2-4-9-18)15-21-16-19-10-7-13-22-12-6-5-11-20(19)22/h2-4,8-9,14,19-21H,5-7,10-13,15-16H2,1H3/b17-14+/t19-,20+/m0/s1. The third kappa shape index (κ3) is 4.21. The zero-order valence-corrected chi connectivity index (χ0v) is 13.9. The van der Waals surface area contributed by atoms with E-state index in [1.807, 2.05) is 0 Å². The Hall–Kier alpha value is -1.12. The predicted octanol–water partition coefficient (Wildman–Crippen LogP) is 3.94. The number of nitrogens with one attached hydrogen (secondary N) is 1. The van der Waals surface area contributed by atoms with Crippen LogP contribution in [0.2, 0.25) is 0 Å². The number of nitrogens with zero attached hydrogens (tertiary/aromatic N) is 1. The Morgan fingerprint density at radius 1 is 1.14 bits per heavy atom. The van der Waals surface area contributed by atoms with Gasteiger partial charge in [-0.2, -0.15) is 0 Å². The molecule has 1 N–H and O–H groups in total. The van der Waals surface area contributed by atoms with Crippen molar-refractivity contribution in [3.05, 3.63) is 41.5 Å². The van der Waals surface area contributed by atoms with Crippen molar-refractivity contribution < 1.29 is 0 Å². The molecule has 2 fully saturated rings. The molecule has 0 spiro atoms. The van der Waals surface area contributed by atoms with E-state index < -0.39 is 0 Å². The van der Waals surface area contributed by atoms with E-state index in [0.717, 1.165) is 18.5 Å². The second-order valence-corrected chi connectivity index (χ2v) is 7.03. The number of hydrogen-bond donors (Lipinski definition) is 1. The summed E-state index contributed by atoms with van der Waals surface area (Å²) in [6, 6.07) is 11.5. The Labute approximate surface area is 135 Å². The van der Waals surface area contributed by atoms with E-state index in [1.54, 1.807) is 0 Å². The predicted molar refractivity (Wildman–Crippen MR) is 94.9 cm³/mol. The molecule has 0 amide bonds. The molecule has 2 heterocycles. The molecule has 0 saturated carbocycles. The van der Waals surface area contributed by atoms with Gasteiger partial charge < -0.3 is 10.2 Å². The van der Waals surface area contributed by atoms with Crippen molar-refractivity contribution in [2.45, 2.75) is 45.1 Å². The van der Waals surface area contributed by atoms with E-state index in [-0.39, 0.29) is 0 Å². The highest BCUT2D eigenvalue weighted by Gasteiger charge is 2.32. The Bertz CT molecular complexity index is 478. The van der Waals surface area contributed by atoms with Gasteiger partial charge in [-0.15, -0.1) is 0 Å². The molecule has 3 rings (SSSR count). The minimum Gasteiger partial charge on any atom is -0.313 e. The van der Waals surface area contributed by atoms with Crippen molar-refractivity contribution in [1.82, 2.24) is 10.2 Å². The molecular formula is C20H30N2. The molecule has 2 nitrogen and oxygen atoms in total. The van der Waals surface area contributed by atoms with Crippen LogP contribution in [-0.4, -0.2) is 37.1 Å². The summed E-state index contributed by atoms with van der Waals surface area (Å²) in [7, 11) is 0. The first-order chi connectivity index (χ1) is 10.8. The van der Waals surface area contributed by atoms with Gasteiger partial charge in [-0.25, -0.2) is 0 Å². The lowest BCUT2D eigenvalue weighted by molar-refractivity contribution is 0.0598. The van der Waals surface area contributed by atoms with Crippen LogP contribution in [0.1, 0.15) is 44.6 Å². The number of fused-ring (bicyclic) bond motifs is 1. The summed E-state index contributed by atoms with van der Waals surface area (Å²) in [5.74, 6) is 0.860. The van der Waals surface area contributed by atoms with Crippen LogP contribution in [0.5, 0.6) is 0 Å². The highest BCUT2D eigenvalue weighted by Crippen LogP contribution is 2.30. The van der Waals surface area contributed by atoms with Crippen molar-refractivity contribution >= 4 is 6.08 Å². The van der Waals surface area contributed by atoms with Gasteiger partial charge in [0, 0.05) is 12.6 Å². The molecular weight excluding hydrogens is 268 g/mol. The number of rotatable bonds is 5. The zero-order valence-electron chi connectivity index (χ0n) is 13.9.